The van der Waals surface area contributed by atoms with Crippen molar-refractivity contribution in [3.8, 4) is 23.0 Å². The van der Waals surface area contributed by atoms with Crippen molar-refractivity contribution in [3.63, 3.8) is 0 Å². The van der Waals surface area contributed by atoms with Crippen LogP contribution in [-0.4, -0.2) is 94.8 Å². The normalized spacial score (nSPS) is 12.6. The van der Waals surface area contributed by atoms with Crippen molar-refractivity contribution in [2.45, 2.75) is 51.0 Å². The number of nitrogens with one attached hydrogen (secondary N) is 4. The Labute approximate surface area is 336 Å². The van der Waals surface area contributed by atoms with Crippen molar-refractivity contribution in [2.24, 2.45) is 0 Å². The molecule has 4 aromatic carbocycles. The Morgan fingerprint density at radius 2 is 0.948 bits per heavy atom. The van der Waals surface area contributed by atoms with Crippen LogP contribution in [0.3, 0.4) is 0 Å². The molecule has 0 aliphatic carbocycles. The lowest BCUT2D eigenvalue weighted by Crippen LogP contribution is -2.32. The molecular weight excluding hydrogens is 752 g/mol. The van der Waals surface area contributed by atoms with Gasteiger partial charge in [0.1, 0.15) is 23.0 Å². The first-order chi connectivity index (χ1) is 27.7. The van der Waals surface area contributed by atoms with Crippen LogP contribution >= 0.6 is 0 Å². The molecule has 0 saturated heterocycles. The Morgan fingerprint density at radius 1 is 0.603 bits per heavy atom. The summed E-state index contributed by atoms with van der Waals surface area (Å²) >= 11 is 0. The molecule has 0 unspecified atom stereocenters. The van der Waals surface area contributed by atoms with Crippen molar-refractivity contribution < 1.29 is 59.3 Å². The third kappa shape index (κ3) is 18.0. The number of carboxylic acid groups (broad SMARTS) is 2. The lowest BCUT2D eigenvalue weighted by molar-refractivity contribution is -0.134. The van der Waals surface area contributed by atoms with Gasteiger partial charge in [-0.25, -0.2) is 9.59 Å². The summed E-state index contributed by atoms with van der Waals surface area (Å²) in [5.41, 5.74) is 4.14. The summed E-state index contributed by atoms with van der Waals surface area (Å²) in [7, 11) is 3.28. The fourth-order valence-corrected chi connectivity index (χ4v) is 5.26. The van der Waals surface area contributed by atoms with Crippen molar-refractivity contribution in [1.82, 2.24) is 10.6 Å². The first-order valence-electron chi connectivity index (χ1n) is 18.0. The minimum Gasteiger partial charge on any atom is -0.506 e. The van der Waals surface area contributed by atoms with Crippen LogP contribution in [0.25, 0.3) is 0 Å². The first-order valence-corrected chi connectivity index (χ1v) is 18.0. The topological polar surface area (TPSA) is 256 Å². The molecule has 2 amide bonds. The Kier molecular flexibility index (Phi) is 21.1. The average molecular weight is 805 g/mol. The molecule has 0 spiro atoms. The van der Waals surface area contributed by atoms with Crippen molar-refractivity contribution in [1.29, 1.82) is 0 Å². The summed E-state index contributed by atoms with van der Waals surface area (Å²) in [4.78, 5) is 40.2. The molecule has 4 aromatic rings. The molecule has 0 aliphatic heterocycles. The average Bonchev–Trinajstić information content (AvgIpc) is 3.21. The van der Waals surface area contributed by atoms with E-state index >= 15 is 0 Å². The standard InChI is InChI=1S/2C19H24N2O4.C4H4O4/c2*1-13(9-14-3-6-16(25-2)7-4-14)20-11-19(24)15-5-8-18(23)17(10-15)21-12-22;5-3(6)1-2-4(7)8/h2*3-8,10,12-13,19-20,23-24H,9,11H2,1-2H3,(H,21,22);1-2H,(H,5,6)(H,7,8)/b;;2-1+/t2*13-,19+;/m10./s1. The second-order valence-electron chi connectivity index (χ2n) is 12.8. The SMILES string of the molecule is COc1ccc(C[C@@H](C)NC[C@H](O)c2ccc(O)c(NC=O)c2)cc1.COc1ccc(C[C@H](C)NC[C@@H](O)c2ccc(O)c(NC=O)c2)cc1.O=C(O)/C=C/C(=O)O. The van der Waals surface area contributed by atoms with Gasteiger partial charge in [-0.15, -0.1) is 0 Å². The van der Waals surface area contributed by atoms with Crippen molar-refractivity contribution >= 4 is 36.1 Å². The number of rotatable bonds is 20. The number of ether oxygens (including phenoxy) is 2. The lowest BCUT2D eigenvalue weighted by atomic mass is 10.1. The number of carboxylic acids is 2. The minimum absolute atomic E-state index is 0.0381. The molecule has 0 heterocycles. The molecule has 16 nitrogen and oxygen atoms in total. The molecule has 58 heavy (non-hydrogen) atoms. The smallest absolute Gasteiger partial charge is 0.328 e. The number of aliphatic hydroxyl groups excluding tert-OH is 2. The predicted molar refractivity (Wildman–Crippen MR) is 218 cm³/mol. The molecule has 0 radical (unpaired) electrons. The van der Waals surface area contributed by atoms with E-state index in [2.05, 4.69) is 21.3 Å². The molecule has 312 valence electrons. The number of benzene rings is 4. The highest BCUT2D eigenvalue weighted by Gasteiger charge is 2.14. The van der Waals surface area contributed by atoms with Crippen LogP contribution in [0.15, 0.2) is 97.1 Å². The zero-order valence-electron chi connectivity index (χ0n) is 32.7. The van der Waals surface area contributed by atoms with E-state index in [1.807, 2.05) is 62.4 Å². The summed E-state index contributed by atoms with van der Waals surface area (Å²) < 4.78 is 10.3. The van der Waals surface area contributed by atoms with Gasteiger partial charge in [-0.1, -0.05) is 36.4 Å². The number of carbonyl (C=O) groups is 4. The monoisotopic (exact) mass is 804 g/mol. The van der Waals surface area contributed by atoms with E-state index in [4.69, 9.17) is 19.7 Å². The van der Waals surface area contributed by atoms with Gasteiger partial charge in [-0.05, 0) is 97.5 Å². The van der Waals surface area contributed by atoms with Crippen LogP contribution < -0.4 is 30.7 Å². The van der Waals surface area contributed by atoms with Crippen LogP contribution in [-0.2, 0) is 32.0 Å². The number of aliphatic hydroxyl groups is 2. The molecule has 0 aliphatic rings. The van der Waals surface area contributed by atoms with E-state index in [-0.39, 0.29) is 35.0 Å². The van der Waals surface area contributed by atoms with Gasteiger partial charge in [0.25, 0.3) is 0 Å². The fraction of sp³-hybridized carbons (Fsp3) is 0.286. The molecule has 4 atom stereocenters. The Balaban J connectivity index is 0.000000337. The van der Waals surface area contributed by atoms with Gasteiger partial charge in [0.05, 0.1) is 37.8 Å². The van der Waals surface area contributed by atoms with Gasteiger partial charge in [-0.2, -0.15) is 0 Å². The highest BCUT2D eigenvalue weighted by molar-refractivity contribution is 5.89. The number of anilines is 2. The number of amides is 2. The number of methoxy groups -OCH3 is 2. The van der Waals surface area contributed by atoms with Crippen molar-refractivity contribution in [2.75, 3.05) is 37.9 Å². The van der Waals surface area contributed by atoms with E-state index < -0.39 is 24.1 Å². The van der Waals surface area contributed by atoms with Gasteiger partial charge >= 0.3 is 11.9 Å². The summed E-state index contributed by atoms with van der Waals surface area (Å²) in [5, 5.41) is 66.9. The lowest BCUT2D eigenvalue weighted by Gasteiger charge is -2.18. The molecule has 10 N–H and O–H groups in total. The zero-order chi connectivity index (χ0) is 43.0. The summed E-state index contributed by atoms with van der Waals surface area (Å²) in [6.45, 7) is 4.82. The Morgan fingerprint density at radius 3 is 1.24 bits per heavy atom. The molecule has 0 fully saturated rings. The maximum Gasteiger partial charge on any atom is 0.328 e. The molecule has 0 bridgehead atoms. The highest BCUT2D eigenvalue weighted by Crippen LogP contribution is 2.28. The molecule has 16 heteroatoms. The van der Waals surface area contributed by atoms with E-state index in [0.29, 0.717) is 49.2 Å². The second kappa shape index (κ2) is 25.6. The Hall–Kier alpha value is -6.46. The summed E-state index contributed by atoms with van der Waals surface area (Å²) in [6.07, 6.45) is 2.25. The van der Waals surface area contributed by atoms with Gasteiger partial charge in [0, 0.05) is 37.3 Å². The first kappa shape index (κ1) is 47.7. The fourth-order valence-electron chi connectivity index (χ4n) is 5.26. The largest absolute Gasteiger partial charge is 0.506 e. The highest BCUT2D eigenvalue weighted by atomic mass is 16.5. The molecule has 4 rings (SSSR count). The maximum atomic E-state index is 10.5. The van der Waals surface area contributed by atoms with Crippen LogP contribution in [0.4, 0.5) is 11.4 Å². The Bertz CT molecular complexity index is 1770. The van der Waals surface area contributed by atoms with Gasteiger partial charge in [0.2, 0.25) is 12.8 Å². The number of hydrogen-bond donors (Lipinski definition) is 10. The predicted octanol–water partition coefficient (Wildman–Crippen LogP) is 4.16. The zero-order valence-corrected chi connectivity index (χ0v) is 32.7. The van der Waals surface area contributed by atoms with Gasteiger partial charge < -0.3 is 61.4 Å². The quantitative estimate of drug-likeness (QED) is 0.0342. The number of hydrogen-bond acceptors (Lipinski definition) is 12. The van der Waals surface area contributed by atoms with Crippen LogP contribution in [0.1, 0.15) is 48.3 Å². The molecule has 0 saturated carbocycles. The van der Waals surface area contributed by atoms with Gasteiger partial charge in [-0.3, -0.25) is 9.59 Å². The number of aliphatic carboxylic acids is 2. The van der Waals surface area contributed by atoms with E-state index in [9.17, 15) is 39.6 Å². The van der Waals surface area contributed by atoms with Gasteiger partial charge in [0.15, 0.2) is 0 Å². The number of phenols is 2. The van der Waals surface area contributed by atoms with E-state index in [1.165, 1.54) is 23.3 Å². The summed E-state index contributed by atoms with van der Waals surface area (Å²) in [6, 6.07) is 25.4. The van der Waals surface area contributed by atoms with E-state index in [0.717, 1.165) is 24.3 Å². The van der Waals surface area contributed by atoms with Crippen LogP contribution in [0.5, 0.6) is 23.0 Å². The van der Waals surface area contributed by atoms with Crippen molar-refractivity contribution in [3.05, 3.63) is 119 Å². The molecule has 0 aromatic heterocycles. The third-order valence-electron chi connectivity index (χ3n) is 8.33. The number of carbonyl (C=O) groups excluding carboxylic acids is 2. The molecular formula is C42H52N4O12. The number of phenolic OH excluding ortho intramolecular Hbond substituents is 2. The maximum absolute atomic E-state index is 10.5. The summed E-state index contributed by atoms with van der Waals surface area (Å²) in [5.74, 6) is -0.939. The van der Waals surface area contributed by atoms with Crippen LogP contribution in [0, 0.1) is 0 Å². The third-order valence-corrected chi connectivity index (χ3v) is 8.33. The van der Waals surface area contributed by atoms with Crippen LogP contribution in [0.2, 0.25) is 0 Å². The van der Waals surface area contributed by atoms with E-state index in [1.54, 1.807) is 38.5 Å². The second-order valence-corrected chi connectivity index (χ2v) is 12.8. The number of aromatic hydroxyl groups is 2. The minimum atomic E-state index is -1.26.